The van der Waals surface area contributed by atoms with Crippen molar-refractivity contribution >= 4 is 73.0 Å². The molecular formula is C26H18Cl3NO6S. The Morgan fingerprint density at radius 1 is 0.811 bits per heavy atom. The number of nitrogens with one attached hydrogen (secondary N) is 1. The molecular weight excluding hydrogens is 561 g/mol. The van der Waals surface area contributed by atoms with E-state index in [0.717, 1.165) is 16.8 Å². The highest BCUT2D eigenvalue weighted by Gasteiger charge is 2.22. The van der Waals surface area contributed by atoms with Crippen molar-refractivity contribution in [1.29, 1.82) is 0 Å². The summed E-state index contributed by atoms with van der Waals surface area (Å²) >= 11 is 18.1. The molecule has 0 spiro atoms. The van der Waals surface area contributed by atoms with Crippen LogP contribution in [0.4, 0.5) is 5.69 Å². The number of Topliss-reactive ketones (excluding diaryl/α,β-unsaturated/α-hetero) is 1. The van der Waals surface area contributed by atoms with E-state index in [4.69, 9.17) is 44.3 Å². The molecule has 0 aliphatic rings. The second-order valence-corrected chi connectivity index (χ2v) is 10.7. The summed E-state index contributed by atoms with van der Waals surface area (Å²) in [5, 5.41) is 1.95. The number of anilines is 1. The van der Waals surface area contributed by atoms with E-state index in [1.165, 1.54) is 30.3 Å². The zero-order valence-corrected chi connectivity index (χ0v) is 22.2. The van der Waals surface area contributed by atoms with Crippen molar-refractivity contribution in [2.75, 3.05) is 18.4 Å². The molecule has 1 N–H and O–H groups in total. The van der Waals surface area contributed by atoms with E-state index in [-0.39, 0.29) is 31.2 Å². The molecule has 0 unspecified atom stereocenters. The van der Waals surface area contributed by atoms with Gasteiger partial charge in [0, 0.05) is 10.6 Å². The Labute approximate surface area is 227 Å². The molecule has 4 rings (SSSR count). The average Bonchev–Trinajstić information content (AvgIpc) is 2.88. The van der Waals surface area contributed by atoms with Gasteiger partial charge >= 0.3 is 5.97 Å². The predicted molar refractivity (Wildman–Crippen MR) is 144 cm³/mol. The smallest absolute Gasteiger partial charge is 0.338 e. The molecule has 0 aliphatic carbocycles. The molecule has 0 bridgehead atoms. The lowest BCUT2D eigenvalue weighted by atomic mass is 10.0. The number of fused-ring (bicyclic) bond motifs is 1. The molecule has 190 valence electrons. The molecule has 4 aromatic rings. The maximum atomic E-state index is 12.9. The summed E-state index contributed by atoms with van der Waals surface area (Å²) in [5.41, 5.74) is 0.283. The summed E-state index contributed by atoms with van der Waals surface area (Å²) in [4.78, 5) is 24.9. The number of methoxy groups -OCH3 is 1. The second kappa shape index (κ2) is 11.0. The Bertz CT molecular complexity index is 1640. The van der Waals surface area contributed by atoms with E-state index in [2.05, 4.69) is 4.72 Å². The first-order valence-corrected chi connectivity index (χ1v) is 13.2. The van der Waals surface area contributed by atoms with Crippen molar-refractivity contribution in [2.24, 2.45) is 0 Å². The van der Waals surface area contributed by atoms with Crippen LogP contribution in [0.2, 0.25) is 15.1 Å². The minimum absolute atomic E-state index is 0.0395. The third-order valence-electron chi connectivity index (χ3n) is 5.33. The molecule has 4 aromatic carbocycles. The first-order chi connectivity index (χ1) is 17.6. The van der Waals surface area contributed by atoms with Crippen molar-refractivity contribution < 1.29 is 27.5 Å². The van der Waals surface area contributed by atoms with Crippen molar-refractivity contribution in [3.8, 4) is 5.75 Å². The van der Waals surface area contributed by atoms with Crippen molar-refractivity contribution in [2.45, 2.75) is 4.90 Å². The zero-order valence-electron chi connectivity index (χ0n) is 19.1. The van der Waals surface area contributed by atoms with Crippen LogP contribution >= 0.6 is 34.8 Å². The van der Waals surface area contributed by atoms with Gasteiger partial charge in [-0.05, 0) is 65.4 Å². The van der Waals surface area contributed by atoms with Gasteiger partial charge in [-0.2, -0.15) is 0 Å². The Hall–Kier alpha value is -3.30. The van der Waals surface area contributed by atoms with Crippen LogP contribution < -0.4 is 9.46 Å². The fourth-order valence-electron chi connectivity index (χ4n) is 3.43. The number of rotatable bonds is 8. The number of ether oxygens (including phenoxy) is 2. The first kappa shape index (κ1) is 26.8. The lowest BCUT2D eigenvalue weighted by molar-refractivity contribution is 0.0474. The summed E-state index contributed by atoms with van der Waals surface area (Å²) in [6.07, 6.45) is 0. The topological polar surface area (TPSA) is 98.8 Å². The highest BCUT2D eigenvalue weighted by Crippen LogP contribution is 2.30. The third-order valence-corrected chi connectivity index (χ3v) is 7.74. The van der Waals surface area contributed by atoms with Crippen LogP contribution in [0.1, 0.15) is 20.7 Å². The van der Waals surface area contributed by atoms with E-state index in [1.54, 1.807) is 31.4 Å². The lowest BCUT2D eigenvalue weighted by Crippen LogP contribution is -2.17. The van der Waals surface area contributed by atoms with Gasteiger partial charge in [0.2, 0.25) is 0 Å². The van der Waals surface area contributed by atoms with Crippen LogP contribution in [0.5, 0.6) is 5.75 Å². The molecule has 0 heterocycles. The quantitative estimate of drug-likeness (QED) is 0.186. The number of sulfonamides is 1. The molecule has 37 heavy (non-hydrogen) atoms. The molecule has 0 radical (unpaired) electrons. The Kier molecular flexibility index (Phi) is 7.94. The van der Waals surface area contributed by atoms with Crippen molar-refractivity contribution in [1.82, 2.24) is 0 Å². The van der Waals surface area contributed by atoms with Gasteiger partial charge in [-0.3, -0.25) is 9.52 Å². The molecule has 0 atom stereocenters. The van der Waals surface area contributed by atoms with Crippen LogP contribution in [0.3, 0.4) is 0 Å². The summed E-state index contributed by atoms with van der Waals surface area (Å²) in [7, 11) is -2.68. The number of hydrogen-bond donors (Lipinski definition) is 1. The van der Waals surface area contributed by atoms with Crippen molar-refractivity contribution in [3.05, 3.63) is 99.0 Å². The maximum absolute atomic E-state index is 12.9. The summed E-state index contributed by atoms with van der Waals surface area (Å²) in [6.45, 7) is -0.540. The van der Waals surface area contributed by atoms with Gasteiger partial charge in [0.05, 0.1) is 28.4 Å². The van der Waals surface area contributed by atoms with E-state index in [1.807, 2.05) is 12.1 Å². The number of hydrogen-bond acceptors (Lipinski definition) is 6. The SMILES string of the molecule is COc1ccc2cc(C(=O)COC(=O)c3ccc(Cl)c(S(=O)(=O)Nc4cc(Cl)ccc4Cl)c3)ccc2c1. The lowest BCUT2D eigenvalue weighted by Gasteiger charge is -2.12. The summed E-state index contributed by atoms with van der Waals surface area (Å²) < 4.78 is 38.5. The van der Waals surface area contributed by atoms with E-state index in [9.17, 15) is 18.0 Å². The minimum atomic E-state index is -4.25. The van der Waals surface area contributed by atoms with Crippen LogP contribution in [0.15, 0.2) is 77.7 Å². The Morgan fingerprint density at radius 3 is 2.24 bits per heavy atom. The van der Waals surface area contributed by atoms with Gasteiger partial charge in [-0.1, -0.05) is 53.0 Å². The Balaban J connectivity index is 1.49. The normalized spacial score (nSPS) is 11.2. The fraction of sp³-hybridized carbons (Fsp3) is 0.0769. The molecule has 7 nitrogen and oxygen atoms in total. The van der Waals surface area contributed by atoms with Gasteiger partial charge in [0.1, 0.15) is 10.6 Å². The van der Waals surface area contributed by atoms with E-state index < -0.39 is 28.4 Å². The molecule has 0 fully saturated rings. The number of ketones is 1. The number of benzene rings is 4. The monoisotopic (exact) mass is 577 g/mol. The summed E-state index contributed by atoms with van der Waals surface area (Å²) in [6, 6.07) is 18.4. The second-order valence-electron chi connectivity index (χ2n) is 7.80. The van der Waals surface area contributed by atoms with Gasteiger partial charge < -0.3 is 9.47 Å². The first-order valence-electron chi connectivity index (χ1n) is 10.6. The van der Waals surface area contributed by atoms with Gasteiger partial charge in [-0.25, -0.2) is 13.2 Å². The highest BCUT2D eigenvalue weighted by atomic mass is 35.5. The number of halogens is 3. The van der Waals surface area contributed by atoms with E-state index >= 15 is 0 Å². The predicted octanol–water partition coefficient (Wildman–Crippen LogP) is 6.65. The van der Waals surface area contributed by atoms with Gasteiger partial charge in [0.25, 0.3) is 10.0 Å². The highest BCUT2D eigenvalue weighted by molar-refractivity contribution is 7.92. The van der Waals surface area contributed by atoms with Crippen LogP contribution in [0, 0.1) is 0 Å². The van der Waals surface area contributed by atoms with Crippen LogP contribution in [-0.4, -0.2) is 33.9 Å². The average molecular weight is 579 g/mol. The number of carbonyl (C=O) groups is 2. The van der Waals surface area contributed by atoms with Crippen LogP contribution in [-0.2, 0) is 14.8 Å². The fourth-order valence-corrected chi connectivity index (χ4v) is 5.42. The largest absolute Gasteiger partial charge is 0.497 e. The third kappa shape index (κ3) is 6.17. The van der Waals surface area contributed by atoms with Crippen molar-refractivity contribution in [3.63, 3.8) is 0 Å². The number of esters is 1. The standard InChI is InChI=1S/C26H18Cl3NO6S/c1-35-20-7-4-15-10-17(3-2-16(15)11-20)24(31)14-36-26(32)18-5-8-22(29)25(12-18)37(33,34)30-23-13-19(27)6-9-21(23)28/h2-13,30H,14H2,1H3. The zero-order chi connectivity index (χ0) is 26.7. The minimum Gasteiger partial charge on any atom is -0.497 e. The van der Waals surface area contributed by atoms with E-state index in [0.29, 0.717) is 11.3 Å². The molecule has 0 aliphatic heterocycles. The molecule has 0 amide bonds. The van der Waals surface area contributed by atoms with Gasteiger partial charge in [-0.15, -0.1) is 0 Å². The molecule has 0 saturated carbocycles. The number of carbonyl (C=O) groups excluding carboxylic acids is 2. The molecule has 0 saturated heterocycles. The molecule has 0 aromatic heterocycles. The maximum Gasteiger partial charge on any atom is 0.338 e. The molecule has 11 heteroatoms. The Morgan fingerprint density at radius 2 is 1.49 bits per heavy atom. The van der Waals surface area contributed by atoms with Crippen LogP contribution in [0.25, 0.3) is 10.8 Å². The summed E-state index contributed by atoms with van der Waals surface area (Å²) in [5.74, 6) is -0.631. The van der Waals surface area contributed by atoms with Gasteiger partial charge in [0.15, 0.2) is 12.4 Å².